The molecule has 0 radical (unpaired) electrons. The first kappa shape index (κ1) is 16.9. The number of hydrogen-bond donors (Lipinski definition) is 2. The van der Waals surface area contributed by atoms with E-state index in [0.717, 1.165) is 6.42 Å². The molecule has 25 heavy (non-hydrogen) atoms. The zero-order valence-corrected chi connectivity index (χ0v) is 13.5. The lowest BCUT2D eigenvalue weighted by Gasteiger charge is -2.22. The average Bonchev–Trinajstić information content (AvgIpc) is 2.60. The molecular formula is C18H18FN3O3. The number of carbonyl (C=O) groups excluding carboxylic acids is 2. The molecule has 0 bridgehead atoms. The van der Waals surface area contributed by atoms with Crippen LogP contribution in [0.1, 0.15) is 28.8 Å². The van der Waals surface area contributed by atoms with Crippen LogP contribution < -0.4 is 16.2 Å². The maximum Gasteiger partial charge on any atom is 0.263 e. The topological polar surface area (TPSA) is 80.2 Å². The second-order valence-electron chi connectivity index (χ2n) is 5.91. The van der Waals surface area contributed by atoms with Gasteiger partial charge in [0, 0.05) is 18.3 Å². The van der Waals surface area contributed by atoms with Crippen molar-refractivity contribution in [2.24, 2.45) is 0 Å². The summed E-state index contributed by atoms with van der Waals surface area (Å²) in [5.74, 6) is -1.26. The summed E-state index contributed by atoms with van der Waals surface area (Å²) in [5.41, 5.74) is -0.245. The molecule has 1 fully saturated rings. The number of carbonyl (C=O) groups is 2. The van der Waals surface area contributed by atoms with Crippen LogP contribution in [-0.2, 0) is 11.3 Å². The predicted octanol–water partition coefficient (Wildman–Crippen LogP) is 1.04. The number of aromatic nitrogens is 1. The number of hydrogen-bond acceptors (Lipinski definition) is 3. The number of halogens is 1. The van der Waals surface area contributed by atoms with E-state index in [-0.39, 0.29) is 18.0 Å². The van der Waals surface area contributed by atoms with Crippen LogP contribution in [0.15, 0.2) is 47.4 Å². The van der Waals surface area contributed by atoms with Crippen LogP contribution >= 0.6 is 0 Å². The number of piperidine rings is 1. The molecule has 1 atom stereocenters. The smallest absolute Gasteiger partial charge is 0.263 e. The van der Waals surface area contributed by atoms with Gasteiger partial charge in [0.05, 0.1) is 6.54 Å². The first-order chi connectivity index (χ1) is 12.1. The van der Waals surface area contributed by atoms with Gasteiger partial charge in [-0.15, -0.1) is 0 Å². The molecule has 2 aromatic rings. The van der Waals surface area contributed by atoms with Crippen LogP contribution in [0.25, 0.3) is 0 Å². The van der Waals surface area contributed by atoms with Crippen molar-refractivity contribution in [2.45, 2.75) is 25.4 Å². The number of benzene rings is 1. The van der Waals surface area contributed by atoms with Gasteiger partial charge in [0.15, 0.2) is 0 Å². The summed E-state index contributed by atoms with van der Waals surface area (Å²) >= 11 is 0. The van der Waals surface area contributed by atoms with Crippen molar-refractivity contribution in [3.63, 3.8) is 0 Å². The van der Waals surface area contributed by atoms with Gasteiger partial charge in [0.1, 0.15) is 17.4 Å². The van der Waals surface area contributed by atoms with Crippen LogP contribution in [0.3, 0.4) is 0 Å². The van der Waals surface area contributed by atoms with E-state index in [9.17, 15) is 18.8 Å². The Morgan fingerprint density at radius 2 is 2.04 bits per heavy atom. The first-order valence-corrected chi connectivity index (χ1v) is 8.07. The maximum atomic E-state index is 13.8. The molecule has 0 aliphatic carbocycles. The van der Waals surface area contributed by atoms with E-state index in [0.29, 0.717) is 18.5 Å². The van der Waals surface area contributed by atoms with Gasteiger partial charge in [-0.3, -0.25) is 14.4 Å². The molecule has 1 aliphatic heterocycles. The second-order valence-corrected chi connectivity index (χ2v) is 5.91. The maximum absolute atomic E-state index is 13.8. The number of nitrogens with zero attached hydrogens (tertiary/aromatic N) is 1. The van der Waals surface area contributed by atoms with Gasteiger partial charge in [0.25, 0.3) is 11.5 Å². The minimum absolute atomic E-state index is 0.0243. The Kier molecular flexibility index (Phi) is 4.92. The Bertz CT molecular complexity index is 863. The van der Waals surface area contributed by atoms with Crippen molar-refractivity contribution < 1.29 is 14.0 Å². The third-order valence-corrected chi connectivity index (χ3v) is 4.15. The normalized spacial score (nSPS) is 17.0. The average molecular weight is 343 g/mol. The van der Waals surface area contributed by atoms with Gasteiger partial charge in [-0.25, -0.2) is 4.39 Å². The van der Waals surface area contributed by atoms with E-state index in [1.807, 2.05) is 0 Å². The molecule has 0 saturated carbocycles. The number of pyridine rings is 1. The number of nitrogens with one attached hydrogen (secondary N) is 2. The minimum Gasteiger partial charge on any atom is -0.354 e. The van der Waals surface area contributed by atoms with Gasteiger partial charge in [0.2, 0.25) is 5.91 Å². The van der Waals surface area contributed by atoms with Crippen molar-refractivity contribution >= 4 is 11.8 Å². The summed E-state index contributed by atoms with van der Waals surface area (Å²) in [6.45, 7) is 0.614. The summed E-state index contributed by atoms with van der Waals surface area (Å²) in [7, 11) is 0. The third kappa shape index (κ3) is 3.76. The third-order valence-electron chi connectivity index (χ3n) is 4.15. The van der Waals surface area contributed by atoms with Gasteiger partial charge >= 0.3 is 0 Å². The largest absolute Gasteiger partial charge is 0.354 e. The Balaban J connectivity index is 1.81. The molecule has 6 nitrogen and oxygen atoms in total. The Hall–Kier alpha value is -2.96. The van der Waals surface area contributed by atoms with E-state index in [1.165, 1.54) is 22.9 Å². The van der Waals surface area contributed by atoms with Gasteiger partial charge in [-0.1, -0.05) is 18.2 Å². The summed E-state index contributed by atoms with van der Waals surface area (Å²) in [6.07, 6.45) is 2.80. The highest BCUT2D eigenvalue weighted by atomic mass is 19.1. The fourth-order valence-corrected chi connectivity index (χ4v) is 2.79. The summed E-state index contributed by atoms with van der Waals surface area (Å²) in [5, 5.41) is 5.26. The molecule has 7 heteroatoms. The molecular weight excluding hydrogens is 325 g/mol. The monoisotopic (exact) mass is 343 g/mol. The predicted molar refractivity (Wildman–Crippen MR) is 89.7 cm³/mol. The standard InChI is InChI=1S/C18H18FN3O3/c19-14-7-2-1-5-12(14)11-22-10-4-6-13(18(22)25)16(23)21-15-8-3-9-20-17(15)24/h1-2,4-7,10,15H,3,8-9,11H2,(H,20,24)(H,21,23)/t15-/m0/s1. The molecule has 0 spiro atoms. The van der Waals surface area contributed by atoms with E-state index in [2.05, 4.69) is 10.6 Å². The van der Waals surface area contributed by atoms with Crippen LogP contribution in [0, 0.1) is 5.82 Å². The van der Waals surface area contributed by atoms with Crippen LogP contribution in [0.4, 0.5) is 4.39 Å². The van der Waals surface area contributed by atoms with Crippen LogP contribution in [0.2, 0.25) is 0 Å². The highest BCUT2D eigenvalue weighted by molar-refractivity contribution is 5.97. The summed E-state index contributed by atoms with van der Waals surface area (Å²) < 4.78 is 15.1. The summed E-state index contributed by atoms with van der Waals surface area (Å²) in [6, 6.07) is 8.47. The molecule has 1 aliphatic rings. The van der Waals surface area contributed by atoms with Gasteiger partial charge in [-0.05, 0) is 31.0 Å². The Morgan fingerprint density at radius 3 is 2.80 bits per heavy atom. The molecule has 2 N–H and O–H groups in total. The lowest BCUT2D eigenvalue weighted by atomic mass is 10.1. The van der Waals surface area contributed by atoms with Crippen molar-refractivity contribution in [3.05, 3.63) is 69.9 Å². The highest BCUT2D eigenvalue weighted by Gasteiger charge is 2.25. The molecule has 3 rings (SSSR count). The zero-order chi connectivity index (χ0) is 17.8. The van der Waals surface area contributed by atoms with Crippen molar-refractivity contribution in [1.29, 1.82) is 0 Å². The molecule has 1 saturated heterocycles. The molecule has 1 aromatic carbocycles. The SMILES string of the molecule is O=C(N[C@H]1CCCNC1=O)c1cccn(Cc2ccccc2F)c1=O. The Morgan fingerprint density at radius 1 is 1.24 bits per heavy atom. The summed E-state index contributed by atoms with van der Waals surface area (Å²) in [4.78, 5) is 36.6. The second kappa shape index (κ2) is 7.29. The quantitative estimate of drug-likeness (QED) is 0.871. The zero-order valence-electron chi connectivity index (χ0n) is 13.5. The first-order valence-electron chi connectivity index (χ1n) is 8.07. The van der Waals surface area contributed by atoms with E-state index >= 15 is 0 Å². The fraction of sp³-hybridized carbons (Fsp3) is 0.278. The molecule has 2 heterocycles. The molecule has 2 amide bonds. The van der Waals surface area contributed by atoms with Crippen LogP contribution in [0.5, 0.6) is 0 Å². The number of amides is 2. The van der Waals surface area contributed by atoms with Crippen LogP contribution in [-0.4, -0.2) is 29.0 Å². The van der Waals surface area contributed by atoms with Crippen molar-refractivity contribution in [2.75, 3.05) is 6.54 Å². The van der Waals surface area contributed by atoms with Crippen molar-refractivity contribution in [1.82, 2.24) is 15.2 Å². The van der Waals surface area contributed by atoms with E-state index in [1.54, 1.807) is 24.3 Å². The van der Waals surface area contributed by atoms with Gasteiger partial charge < -0.3 is 15.2 Å². The Labute approximate surface area is 143 Å². The highest BCUT2D eigenvalue weighted by Crippen LogP contribution is 2.08. The molecule has 130 valence electrons. The lowest BCUT2D eigenvalue weighted by molar-refractivity contribution is -0.124. The van der Waals surface area contributed by atoms with E-state index in [4.69, 9.17) is 0 Å². The van der Waals surface area contributed by atoms with E-state index < -0.39 is 23.3 Å². The minimum atomic E-state index is -0.638. The van der Waals surface area contributed by atoms with Crippen molar-refractivity contribution in [3.8, 4) is 0 Å². The molecule has 0 unspecified atom stereocenters. The fourth-order valence-electron chi connectivity index (χ4n) is 2.79. The number of rotatable bonds is 4. The molecule has 1 aromatic heterocycles. The van der Waals surface area contributed by atoms with Gasteiger partial charge in [-0.2, -0.15) is 0 Å². The lowest BCUT2D eigenvalue weighted by Crippen LogP contribution is -2.51.